The Hall–Kier alpha value is -3.11. The van der Waals surface area contributed by atoms with E-state index < -0.39 is 29.0 Å². The van der Waals surface area contributed by atoms with Crippen LogP contribution in [-0.4, -0.2) is 24.6 Å². The number of carbonyl (C=O) groups excluding carboxylic acids is 1. The van der Waals surface area contributed by atoms with E-state index in [1.165, 1.54) is 24.5 Å². The maximum absolute atomic E-state index is 14.3. The van der Waals surface area contributed by atoms with E-state index in [1.54, 1.807) is 37.3 Å². The molecule has 11 heteroatoms. The first-order valence-electron chi connectivity index (χ1n) is 9.92. The highest BCUT2D eigenvalue weighted by atomic mass is 35.5. The molecule has 2 N–H and O–H groups in total. The molecule has 0 saturated heterocycles. The molecule has 0 saturated carbocycles. The summed E-state index contributed by atoms with van der Waals surface area (Å²) in [6.45, 7) is 1.72. The van der Waals surface area contributed by atoms with Crippen molar-refractivity contribution in [3.63, 3.8) is 0 Å². The molecule has 0 aliphatic rings. The minimum Gasteiger partial charge on any atom is -0.345 e. The number of fused-ring (bicyclic) bond motifs is 1. The number of benzene rings is 3. The van der Waals surface area contributed by atoms with Gasteiger partial charge < -0.3 is 5.32 Å². The Morgan fingerprint density at radius 3 is 2.59 bits per heavy atom. The molecule has 0 aliphatic carbocycles. The Bertz CT molecular complexity index is 1420. The average molecular weight is 519 g/mol. The number of aromatic nitrogens is 2. The van der Waals surface area contributed by atoms with E-state index in [0.717, 1.165) is 16.4 Å². The predicted octanol–water partition coefficient (Wildman–Crippen LogP) is 5.84. The van der Waals surface area contributed by atoms with Gasteiger partial charge in [-0.2, -0.15) is 0 Å². The van der Waals surface area contributed by atoms with Gasteiger partial charge in [0.25, 0.3) is 17.2 Å². The molecule has 0 radical (unpaired) electrons. The summed E-state index contributed by atoms with van der Waals surface area (Å²) >= 11 is 9.53. The van der Waals surface area contributed by atoms with Crippen molar-refractivity contribution in [2.45, 2.75) is 13.0 Å². The lowest BCUT2D eigenvalue weighted by molar-refractivity contribution is 0.0940. The Labute approximate surface area is 207 Å². The molecule has 0 spiro atoms. The Kier molecular flexibility index (Phi) is 7.08. The maximum atomic E-state index is 14.3. The van der Waals surface area contributed by atoms with E-state index in [2.05, 4.69) is 15.3 Å². The smallest absolute Gasteiger partial charge is 0.266 e. The number of nitrogens with one attached hydrogen (secondary N) is 1. The Morgan fingerprint density at radius 1 is 1.09 bits per heavy atom. The molecule has 3 aromatic carbocycles. The second-order valence-electron chi connectivity index (χ2n) is 7.25. The number of rotatable bonds is 6. The number of hydrogen-bond donors (Lipinski definition) is 2. The summed E-state index contributed by atoms with van der Waals surface area (Å²) in [5, 5.41) is 3.61. The van der Waals surface area contributed by atoms with Gasteiger partial charge >= 0.3 is 0 Å². The summed E-state index contributed by atoms with van der Waals surface area (Å²) in [6.07, 6.45) is 2.91. The number of nitrogens with zero attached hydrogens (tertiary/aromatic N) is 3. The molecule has 2 unspecified atom stereocenters. The Morgan fingerprint density at radius 2 is 1.85 bits per heavy atom. The third-order valence-corrected chi connectivity index (χ3v) is 6.32. The van der Waals surface area contributed by atoms with Crippen molar-refractivity contribution in [2.75, 3.05) is 4.31 Å². The quantitative estimate of drug-likeness (QED) is 0.312. The average Bonchev–Trinajstić information content (AvgIpc) is 2.79. The first kappa shape index (κ1) is 24.0. The number of carbonyl (C=O) groups is 1. The molecular formula is C23H17Cl2FN4O3S. The van der Waals surface area contributed by atoms with Gasteiger partial charge in [0.05, 0.1) is 28.5 Å². The Balaban J connectivity index is 1.77. The lowest BCUT2D eigenvalue weighted by atomic mass is 10.1. The van der Waals surface area contributed by atoms with Gasteiger partial charge in [0, 0.05) is 22.4 Å². The van der Waals surface area contributed by atoms with Gasteiger partial charge in [-0.05, 0) is 55.0 Å². The highest BCUT2D eigenvalue weighted by Gasteiger charge is 2.26. The van der Waals surface area contributed by atoms with Gasteiger partial charge in [0.2, 0.25) is 0 Å². The van der Waals surface area contributed by atoms with Crippen LogP contribution in [0.25, 0.3) is 11.0 Å². The molecule has 174 valence electrons. The summed E-state index contributed by atoms with van der Waals surface area (Å²) in [4.78, 5) is 21.7. The van der Waals surface area contributed by atoms with Crippen LogP contribution in [0.5, 0.6) is 0 Å². The molecule has 4 rings (SSSR count). The van der Waals surface area contributed by atoms with E-state index in [0.29, 0.717) is 26.6 Å². The van der Waals surface area contributed by atoms with Crippen LogP contribution in [0.4, 0.5) is 15.8 Å². The summed E-state index contributed by atoms with van der Waals surface area (Å²) in [6, 6.07) is 12.5. The zero-order valence-electron chi connectivity index (χ0n) is 17.6. The topological polar surface area (TPSA) is 95.4 Å². The van der Waals surface area contributed by atoms with Crippen LogP contribution in [0.1, 0.15) is 28.9 Å². The first-order chi connectivity index (χ1) is 16.3. The van der Waals surface area contributed by atoms with Crippen LogP contribution in [0.2, 0.25) is 10.0 Å². The van der Waals surface area contributed by atoms with E-state index in [4.69, 9.17) is 23.2 Å². The molecule has 1 amide bonds. The van der Waals surface area contributed by atoms with E-state index in [9.17, 15) is 17.9 Å². The molecule has 0 bridgehead atoms. The van der Waals surface area contributed by atoms with Crippen LogP contribution in [0.15, 0.2) is 67.0 Å². The van der Waals surface area contributed by atoms with Crippen LogP contribution in [0, 0.1) is 5.82 Å². The molecule has 7 nitrogen and oxygen atoms in total. The zero-order valence-corrected chi connectivity index (χ0v) is 19.9. The van der Waals surface area contributed by atoms with E-state index in [-0.39, 0.29) is 16.9 Å². The second kappa shape index (κ2) is 10.0. The van der Waals surface area contributed by atoms with Gasteiger partial charge in [-0.3, -0.25) is 19.3 Å². The lowest BCUT2D eigenvalue weighted by Crippen LogP contribution is -2.30. The molecular weight excluding hydrogens is 502 g/mol. The van der Waals surface area contributed by atoms with Crippen molar-refractivity contribution in [3.05, 3.63) is 94.0 Å². The van der Waals surface area contributed by atoms with Crippen LogP contribution in [0.3, 0.4) is 0 Å². The molecule has 0 aliphatic heterocycles. The first-order valence-corrected chi connectivity index (χ1v) is 11.7. The molecule has 4 aromatic rings. The van der Waals surface area contributed by atoms with Crippen molar-refractivity contribution in [3.8, 4) is 0 Å². The minimum absolute atomic E-state index is 0.0263. The van der Waals surface area contributed by atoms with Crippen molar-refractivity contribution >= 4 is 62.8 Å². The fourth-order valence-corrected chi connectivity index (χ4v) is 4.72. The van der Waals surface area contributed by atoms with Crippen molar-refractivity contribution in [1.29, 1.82) is 0 Å². The SMILES string of the molecule is CC(NC(=O)c1ccc(F)cc1N(c1cccc2nccnc12)S(=O)O)c1ccc(Cl)cc1Cl. The highest BCUT2D eigenvalue weighted by Crippen LogP contribution is 2.35. The van der Waals surface area contributed by atoms with E-state index >= 15 is 0 Å². The minimum atomic E-state index is -2.67. The van der Waals surface area contributed by atoms with Gasteiger partial charge in [0.15, 0.2) is 0 Å². The fourth-order valence-electron chi connectivity index (χ4n) is 3.51. The normalized spacial score (nSPS) is 12.9. The van der Waals surface area contributed by atoms with Crippen LogP contribution < -0.4 is 9.62 Å². The summed E-state index contributed by atoms with van der Waals surface area (Å²) < 4.78 is 37.8. The predicted molar refractivity (Wildman–Crippen MR) is 131 cm³/mol. The van der Waals surface area contributed by atoms with Gasteiger partial charge in [-0.25, -0.2) is 12.9 Å². The summed E-state index contributed by atoms with van der Waals surface area (Å²) in [5.74, 6) is -1.29. The second-order valence-corrected chi connectivity index (χ2v) is 8.92. The molecule has 2 atom stereocenters. The van der Waals surface area contributed by atoms with Crippen molar-refractivity contribution < 1.29 is 17.9 Å². The van der Waals surface area contributed by atoms with E-state index in [1.807, 2.05) is 0 Å². The van der Waals surface area contributed by atoms with Crippen LogP contribution >= 0.6 is 23.2 Å². The maximum Gasteiger partial charge on any atom is 0.266 e. The standard InChI is InChI=1S/C23H17Cl2FN4O3S/c1-13(16-7-5-14(24)11-18(16)25)29-23(31)17-8-6-15(26)12-21(17)30(34(32)33)20-4-2-3-19-22(20)28-10-9-27-19/h2-13H,1H3,(H,29,31)(H,32,33). The molecule has 1 heterocycles. The fraction of sp³-hybridized carbons (Fsp3) is 0.0870. The molecule has 0 fully saturated rings. The number of halogens is 3. The monoisotopic (exact) mass is 518 g/mol. The zero-order chi connectivity index (χ0) is 24.4. The summed E-state index contributed by atoms with van der Waals surface area (Å²) in [5.41, 5.74) is 1.43. The number of para-hydroxylation sites is 1. The molecule has 1 aromatic heterocycles. The largest absolute Gasteiger partial charge is 0.345 e. The summed E-state index contributed by atoms with van der Waals surface area (Å²) in [7, 11) is 0. The number of anilines is 2. The van der Waals surface area contributed by atoms with Crippen molar-refractivity contribution in [2.24, 2.45) is 0 Å². The molecule has 34 heavy (non-hydrogen) atoms. The number of amides is 1. The number of hydrogen-bond acceptors (Lipinski definition) is 4. The van der Waals surface area contributed by atoms with Crippen molar-refractivity contribution in [1.82, 2.24) is 15.3 Å². The van der Waals surface area contributed by atoms with Crippen LogP contribution in [-0.2, 0) is 11.3 Å². The highest BCUT2D eigenvalue weighted by molar-refractivity contribution is 7.81. The van der Waals surface area contributed by atoms with Gasteiger partial charge in [0.1, 0.15) is 11.3 Å². The third kappa shape index (κ3) is 4.88. The van der Waals surface area contributed by atoms with Gasteiger partial charge in [-0.1, -0.05) is 35.3 Å². The third-order valence-electron chi connectivity index (χ3n) is 5.05. The van der Waals surface area contributed by atoms with Gasteiger partial charge in [-0.15, -0.1) is 0 Å². The lowest BCUT2D eigenvalue weighted by Gasteiger charge is -2.24.